The highest BCUT2D eigenvalue weighted by atomic mass is 19.4. The molecule has 0 atom stereocenters. The van der Waals surface area contributed by atoms with E-state index >= 15 is 0 Å². The Hall–Kier alpha value is -2.09. The van der Waals surface area contributed by atoms with Gasteiger partial charge in [0.15, 0.2) is 0 Å². The van der Waals surface area contributed by atoms with Gasteiger partial charge in [-0.3, -0.25) is 4.79 Å². The predicted molar refractivity (Wildman–Crippen MR) is 105 cm³/mol. The molecule has 0 radical (unpaired) electrons. The first kappa shape index (κ1) is 20.2. The van der Waals surface area contributed by atoms with Crippen LogP contribution in [0.5, 0.6) is 0 Å². The highest BCUT2D eigenvalue weighted by Gasteiger charge is 2.42. The quantitative estimate of drug-likeness (QED) is 0.850. The maximum Gasteiger partial charge on any atom is 0.471 e. The number of imidazole rings is 1. The van der Waals surface area contributed by atoms with Crippen molar-refractivity contribution >= 4 is 16.9 Å². The third kappa shape index (κ3) is 4.27. The van der Waals surface area contributed by atoms with E-state index in [0.717, 1.165) is 64.7 Å². The molecular formula is C21H27F3N4O. The van der Waals surface area contributed by atoms with Gasteiger partial charge in [-0.15, -0.1) is 0 Å². The fourth-order valence-electron chi connectivity index (χ4n) is 4.57. The number of piperidine rings is 1. The molecule has 0 aliphatic carbocycles. The van der Waals surface area contributed by atoms with Gasteiger partial charge >= 0.3 is 12.1 Å². The molecule has 1 N–H and O–H groups in total. The lowest BCUT2D eigenvalue weighted by molar-refractivity contribution is -0.185. The number of alkyl halides is 3. The molecule has 5 nitrogen and oxygen atoms in total. The van der Waals surface area contributed by atoms with Gasteiger partial charge in [-0.2, -0.15) is 13.2 Å². The average molecular weight is 408 g/mol. The van der Waals surface area contributed by atoms with Crippen molar-refractivity contribution < 1.29 is 18.0 Å². The number of hydrogen-bond acceptors (Lipinski definition) is 3. The third-order valence-electron chi connectivity index (χ3n) is 6.36. The van der Waals surface area contributed by atoms with Gasteiger partial charge in [-0.05, 0) is 74.4 Å². The van der Waals surface area contributed by atoms with Crippen LogP contribution >= 0.6 is 0 Å². The van der Waals surface area contributed by atoms with Gasteiger partial charge < -0.3 is 14.8 Å². The van der Waals surface area contributed by atoms with Gasteiger partial charge in [0.05, 0.1) is 11.0 Å². The molecule has 4 rings (SSSR count). The molecule has 29 heavy (non-hydrogen) atoms. The highest BCUT2D eigenvalue weighted by molar-refractivity contribution is 5.82. The molecule has 2 aromatic rings. The SMILES string of the molecule is Cn1c(CCC2CCNCC2)nc2cc3c(cc21)CCN(C(=O)C(F)(F)F)CC3. The van der Waals surface area contributed by atoms with Crippen molar-refractivity contribution in [1.82, 2.24) is 19.8 Å². The number of aryl methyl sites for hydroxylation is 2. The molecule has 1 aromatic heterocycles. The van der Waals surface area contributed by atoms with E-state index in [-0.39, 0.29) is 13.1 Å². The molecule has 0 bridgehead atoms. The fraction of sp³-hybridized carbons (Fsp3) is 0.619. The van der Waals surface area contributed by atoms with Crippen LogP contribution in [0.4, 0.5) is 13.2 Å². The summed E-state index contributed by atoms with van der Waals surface area (Å²) in [6.07, 6.45) is 0.543. The van der Waals surface area contributed by atoms with Gasteiger partial charge in [-0.1, -0.05) is 0 Å². The Bertz CT molecular complexity index is 899. The van der Waals surface area contributed by atoms with Crippen LogP contribution in [0.15, 0.2) is 12.1 Å². The second-order valence-corrected chi connectivity index (χ2v) is 8.22. The molecular weight excluding hydrogens is 381 g/mol. The number of rotatable bonds is 3. The number of carbonyl (C=O) groups excluding carboxylic acids is 1. The molecule has 3 heterocycles. The molecule has 1 fully saturated rings. The van der Waals surface area contributed by atoms with Crippen LogP contribution < -0.4 is 5.32 Å². The minimum absolute atomic E-state index is 0.0895. The van der Waals surface area contributed by atoms with Crippen LogP contribution in [-0.4, -0.2) is 52.7 Å². The standard InChI is InChI=1S/C21H27F3N4O/c1-27-18-13-16-7-11-28(20(29)21(22,23)24)10-6-15(16)12-17(18)26-19(27)3-2-14-4-8-25-9-5-14/h12-14,25H,2-11H2,1H3. The first-order valence-electron chi connectivity index (χ1n) is 10.4. The lowest BCUT2D eigenvalue weighted by Gasteiger charge is -2.22. The Kier molecular flexibility index (Phi) is 5.55. The zero-order chi connectivity index (χ0) is 20.6. The number of nitrogens with one attached hydrogen (secondary N) is 1. The number of aromatic nitrogens is 2. The fourth-order valence-corrected chi connectivity index (χ4v) is 4.57. The minimum atomic E-state index is -4.81. The smallest absolute Gasteiger partial charge is 0.334 e. The molecule has 0 unspecified atom stereocenters. The molecule has 2 aliphatic rings. The number of carbonyl (C=O) groups is 1. The van der Waals surface area contributed by atoms with E-state index in [4.69, 9.17) is 4.98 Å². The Balaban J connectivity index is 1.51. The van der Waals surface area contributed by atoms with E-state index in [2.05, 4.69) is 9.88 Å². The van der Waals surface area contributed by atoms with Crippen molar-refractivity contribution in [2.24, 2.45) is 13.0 Å². The summed E-state index contributed by atoms with van der Waals surface area (Å²) in [7, 11) is 2.01. The Morgan fingerprint density at radius 1 is 1.17 bits per heavy atom. The van der Waals surface area contributed by atoms with Gasteiger partial charge in [-0.25, -0.2) is 4.98 Å². The summed E-state index contributed by atoms with van der Waals surface area (Å²) in [5.41, 5.74) is 3.92. The summed E-state index contributed by atoms with van der Waals surface area (Å²) in [6.45, 7) is 2.37. The van der Waals surface area contributed by atoms with E-state index in [1.165, 1.54) is 12.8 Å². The monoisotopic (exact) mass is 408 g/mol. The zero-order valence-electron chi connectivity index (χ0n) is 16.7. The normalized spacial score (nSPS) is 18.7. The van der Waals surface area contributed by atoms with Crippen molar-refractivity contribution in [3.63, 3.8) is 0 Å². The van der Waals surface area contributed by atoms with E-state index in [1.807, 2.05) is 19.2 Å². The predicted octanol–water partition coefficient (Wildman–Crippen LogP) is 3.00. The van der Waals surface area contributed by atoms with Crippen molar-refractivity contribution in [2.75, 3.05) is 26.2 Å². The summed E-state index contributed by atoms with van der Waals surface area (Å²) in [4.78, 5) is 17.3. The maximum atomic E-state index is 12.8. The molecule has 1 aromatic carbocycles. The number of amides is 1. The van der Waals surface area contributed by atoms with Gasteiger partial charge in [0.25, 0.3) is 0 Å². The van der Waals surface area contributed by atoms with E-state index in [1.54, 1.807) is 0 Å². The van der Waals surface area contributed by atoms with Crippen molar-refractivity contribution in [3.05, 3.63) is 29.1 Å². The number of halogens is 3. The first-order valence-corrected chi connectivity index (χ1v) is 10.4. The molecule has 1 saturated heterocycles. The van der Waals surface area contributed by atoms with Crippen LogP contribution in [0.3, 0.4) is 0 Å². The molecule has 0 saturated carbocycles. The minimum Gasteiger partial charge on any atom is -0.334 e. The molecule has 0 spiro atoms. The molecule has 158 valence electrons. The lowest BCUT2D eigenvalue weighted by Crippen LogP contribution is -2.42. The van der Waals surface area contributed by atoms with Crippen LogP contribution in [0.1, 0.15) is 36.2 Å². The van der Waals surface area contributed by atoms with Gasteiger partial charge in [0.1, 0.15) is 5.82 Å². The Morgan fingerprint density at radius 3 is 2.48 bits per heavy atom. The van der Waals surface area contributed by atoms with E-state index in [9.17, 15) is 18.0 Å². The molecule has 8 heteroatoms. The second kappa shape index (κ2) is 7.97. The Labute approximate surface area is 168 Å². The summed E-state index contributed by atoms with van der Waals surface area (Å²) in [5.74, 6) is 0.0608. The van der Waals surface area contributed by atoms with Gasteiger partial charge in [0.2, 0.25) is 0 Å². The van der Waals surface area contributed by atoms with Crippen LogP contribution in [0.25, 0.3) is 11.0 Å². The topological polar surface area (TPSA) is 50.2 Å². The van der Waals surface area contributed by atoms with Crippen molar-refractivity contribution in [1.29, 1.82) is 0 Å². The largest absolute Gasteiger partial charge is 0.471 e. The van der Waals surface area contributed by atoms with Crippen LogP contribution in [0.2, 0.25) is 0 Å². The number of benzene rings is 1. The zero-order valence-corrected chi connectivity index (χ0v) is 16.7. The summed E-state index contributed by atoms with van der Waals surface area (Å²) in [6, 6.07) is 4.05. The number of hydrogen-bond donors (Lipinski definition) is 1. The summed E-state index contributed by atoms with van der Waals surface area (Å²) >= 11 is 0. The molecule has 2 aliphatic heterocycles. The van der Waals surface area contributed by atoms with E-state index in [0.29, 0.717) is 12.8 Å². The van der Waals surface area contributed by atoms with Gasteiger partial charge in [0, 0.05) is 26.6 Å². The summed E-state index contributed by atoms with van der Waals surface area (Å²) in [5, 5.41) is 3.39. The maximum absolute atomic E-state index is 12.8. The molecule has 1 amide bonds. The van der Waals surface area contributed by atoms with Crippen molar-refractivity contribution in [2.45, 2.75) is 44.7 Å². The lowest BCUT2D eigenvalue weighted by atomic mass is 9.93. The number of fused-ring (bicyclic) bond motifs is 2. The number of nitrogens with zero attached hydrogens (tertiary/aromatic N) is 3. The first-order chi connectivity index (χ1) is 13.8. The second-order valence-electron chi connectivity index (χ2n) is 8.22. The van der Waals surface area contributed by atoms with E-state index < -0.39 is 12.1 Å². The van der Waals surface area contributed by atoms with Crippen LogP contribution in [0, 0.1) is 5.92 Å². The third-order valence-corrected chi connectivity index (χ3v) is 6.36. The highest BCUT2D eigenvalue weighted by Crippen LogP contribution is 2.27. The Morgan fingerprint density at radius 2 is 1.83 bits per heavy atom. The average Bonchev–Trinajstić information content (AvgIpc) is 2.87. The summed E-state index contributed by atoms with van der Waals surface area (Å²) < 4.78 is 40.4. The van der Waals surface area contributed by atoms with Crippen molar-refractivity contribution in [3.8, 4) is 0 Å². The van der Waals surface area contributed by atoms with Crippen LogP contribution in [-0.2, 0) is 31.1 Å².